The van der Waals surface area contributed by atoms with Gasteiger partial charge in [-0.05, 0) is 70.9 Å². The van der Waals surface area contributed by atoms with Crippen LogP contribution in [0.1, 0.15) is 18.1 Å². The molecule has 0 amide bonds. The predicted octanol–water partition coefficient (Wildman–Crippen LogP) is 7.45. The Labute approximate surface area is 187 Å². The van der Waals surface area contributed by atoms with Crippen LogP contribution in [0.5, 0.6) is 11.5 Å². The molecule has 0 saturated heterocycles. The molecular formula is C22H20Br2ClNO2. The quantitative estimate of drug-likeness (QED) is 0.331. The topological polar surface area (TPSA) is 30.5 Å². The molecule has 0 heterocycles. The Morgan fingerprint density at radius 2 is 1.71 bits per heavy atom. The Hall–Kier alpha value is -1.69. The molecule has 0 spiro atoms. The van der Waals surface area contributed by atoms with Crippen LogP contribution in [-0.2, 0) is 13.2 Å². The van der Waals surface area contributed by atoms with Gasteiger partial charge in [0.2, 0.25) is 0 Å². The molecule has 3 aromatic carbocycles. The van der Waals surface area contributed by atoms with Crippen LogP contribution < -0.4 is 14.8 Å². The molecule has 146 valence electrons. The van der Waals surface area contributed by atoms with E-state index in [-0.39, 0.29) is 0 Å². The lowest BCUT2D eigenvalue weighted by molar-refractivity contribution is 0.267. The first kappa shape index (κ1) is 21.0. The van der Waals surface area contributed by atoms with Crippen LogP contribution in [0.3, 0.4) is 0 Å². The van der Waals surface area contributed by atoms with Gasteiger partial charge in [-0.2, -0.15) is 0 Å². The number of ether oxygens (including phenoxy) is 2. The average Bonchev–Trinajstić information content (AvgIpc) is 2.68. The molecule has 0 aliphatic rings. The van der Waals surface area contributed by atoms with Gasteiger partial charge in [-0.3, -0.25) is 0 Å². The van der Waals surface area contributed by atoms with Gasteiger partial charge in [0.25, 0.3) is 0 Å². The molecule has 0 unspecified atom stereocenters. The van der Waals surface area contributed by atoms with Crippen LogP contribution in [-0.4, -0.2) is 6.61 Å². The van der Waals surface area contributed by atoms with Gasteiger partial charge in [0, 0.05) is 27.3 Å². The summed E-state index contributed by atoms with van der Waals surface area (Å²) >= 11 is 13.3. The number of halogens is 3. The molecule has 3 aromatic rings. The van der Waals surface area contributed by atoms with E-state index in [1.807, 2.05) is 67.6 Å². The highest BCUT2D eigenvalue weighted by atomic mass is 79.9. The van der Waals surface area contributed by atoms with Crippen molar-refractivity contribution in [2.75, 3.05) is 11.9 Å². The van der Waals surface area contributed by atoms with E-state index in [0.29, 0.717) is 36.3 Å². The molecule has 1 N–H and O–H groups in total. The molecule has 0 atom stereocenters. The maximum atomic E-state index is 6.23. The minimum absolute atomic E-state index is 0.370. The summed E-state index contributed by atoms with van der Waals surface area (Å²) in [6, 6.07) is 19.8. The minimum atomic E-state index is 0.370. The Bertz CT molecular complexity index is 932. The molecule has 3 rings (SSSR count). The Morgan fingerprint density at radius 3 is 2.43 bits per heavy atom. The molecule has 0 saturated carbocycles. The van der Waals surface area contributed by atoms with Gasteiger partial charge in [-0.15, -0.1) is 0 Å². The molecule has 0 fully saturated rings. The maximum absolute atomic E-state index is 6.23. The van der Waals surface area contributed by atoms with Crippen LogP contribution in [0.25, 0.3) is 0 Å². The van der Waals surface area contributed by atoms with E-state index in [1.165, 1.54) is 0 Å². The number of hydrogen-bond donors (Lipinski definition) is 1. The van der Waals surface area contributed by atoms with E-state index in [2.05, 4.69) is 37.2 Å². The van der Waals surface area contributed by atoms with Gasteiger partial charge in [-0.1, -0.05) is 45.7 Å². The smallest absolute Gasteiger partial charge is 0.175 e. The van der Waals surface area contributed by atoms with Gasteiger partial charge in [-0.25, -0.2) is 0 Å². The van der Waals surface area contributed by atoms with E-state index in [9.17, 15) is 0 Å². The molecule has 3 nitrogen and oxygen atoms in total. The average molecular weight is 526 g/mol. The summed E-state index contributed by atoms with van der Waals surface area (Å²) in [5.41, 5.74) is 3.07. The number of anilines is 1. The lowest BCUT2D eigenvalue weighted by Gasteiger charge is -2.16. The third-order valence-electron chi connectivity index (χ3n) is 4.04. The van der Waals surface area contributed by atoms with Crippen LogP contribution in [0.4, 0.5) is 5.69 Å². The highest BCUT2D eigenvalue weighted by molar-refractivity contribution is 9.10. The molecular weight excluding hydrogens is 506 g/mol. The lowest BCUT2D eigenvalue weighted by atomic mass is 10.2. The maximum Gasteiger partial charge on any atom is 0.175 e. The van der Waals surface area contributed by atoms with Gasteiger partial charge in [0.15, 0.2) is 11.5 Å². The minimum Gasteiger partial charge on any atom is -0.490 e. The molecule has 0 aromatic heterocycles. The van der Waals surface area contributed by atoms with E-state index < -0.39 is 0 Å². The summed E-state index contributed by atoms with van der Waals surface area (Å²) in [4.78, 5) is 0. The zero-order valence-corrected chi connectivity index (χ0v) is 19.3. The van der Waals surface area contributed by atoms with Crippen molar-refractivity contribution in [1.82, 2.24) is 0 Å². The number of benzene rings is 3. The fraction of sp³-hybridized carbons (Fsp3) is 0.182. The zero-order chi connectivity index (χ0) is 19.9. The molecule has 0 radical (unpaired) electrons. The molecule has 6 heteroatoms. The second-order valence-electron chi connectivity index (χ2n) is 6.08. The summed E-state index contributed by atoms with van der Waals surface area (Å²) in [5.74, 6) is 1.38. The van der Waals surface area contributed by atoms with Crippen molar-refractivity contribution in [3.05, 3.63) is 85.8 Å². The SMILES string of the molecule is CCOc1cc(CNc2ccc(Br)cc2)cc(Br)c1OCc1ccccc1Cl. The molecule has 0 bridgehead atoms. The summed E-state index contributed by atoms with van der Waals surface area (Å²) in [6.07, 6.45) is 0. The molecule has 28 heavy (non-hydrogen) atoms. The van der Waals surface area contributed by atoms with Crippen molar-refractivity contribution in [3.63, 3.8) is 0 Å². The number of hydrogen-bond acceptors (Lipinski definition) is 3. The van der Waals surface area contributed by atoms with E-state index in [4.69, 9.17) is 21.1 Å². The Morgan fingerprint density at radius 1 is 0.964 bits per heavy atom. The van der Waals surface area contributed by atoms with Crippen LogP contribution in [0.15, 0.2) is 69.6 Å². The van der Waals surface area contributed by atoms with Crippen molar-refractivity contribution in [2.45, 2.75) is 20.1 Å². The lowest BCUT2D eigenvalue weighted by Crippen LogP contribution is -2.04. The van der Waals surface area contributed by atoms with E-state index in [0.717, 1.165) is 25.8 Å². The highest BCUT2D eigenvalue weighted by Gasteiger charge is 2.13. The second-order valence-corrected chi connectivity index (χ2v) is 8.26. The predicted molar refractivity (Wildman–Crippen MR) is 123 cm³/mol. The van der Waals surface area contributed by atoms with Crippen molar-refractivity contribution < 1.29 is 9.47 Å². The van der Waals surface area contributed by atoms with Gasteiger partial charge in [0.05, 0.1) is 11.1 Å². The van der Waals surface area contributed by atoms with Crippen molar-refractivity contribution in [2.24, 2.45) is 0 Å². The summed E-state index contributed by atoms with van der Waals surface area (Å²) in [7, 11) is 0. The molecule has 0 aliphatic heterocycles. The number of rotatable bonds is 8. The van der Waals surface area contributed by atoms with Gasteiger partial charge < -0.3 is 14.8 Å². The first-order valence-electron chi connectivity index (χ1n) is 8.87. The van der Waals surface area contributed by atoms with Gasteiger partial charge in [0.1, 0.15) is 6.61 Å². The largest absolute Gasteiger partial charge is 0.490 e. The first-order valence-corrected chi connectivity index (χ1v) is 10.8. The normalized spacial score (nSPS) is 10.6. The third kappa shape index (κ3) is 5.66. The zero-order valence-electron chi connectivity index (χ0n) is 15.3. The fourth-order valence-electron chi connectivity index (χ4n) is 2.66. The van der Waals surface area contributed by atoms with Crippen LogP contribution >= 0.6 is 43.5 Å². The van der Waals surface area contributed by atoms with Crippen molar-refractivity contribution in [1.29, 1.82) is 0 Å². The molecule has 0 aliphatic carbocycles. The number of nitrogens with one attached hydrogen (secondary N) is 1. The standard InChI is InChI=1S/C22H20Br2ClNO2/c1-2-27-21-12-15(13-26-18-9-7-17(23)8-10-18)11-19(24)22(21)28-14-16-5-3-4-6-20(16)25/h3-12,26H,2,13-14H2,1H3. The van der Waals surface area contributed by atoms with Crippen molar-refractivity contribution in [3.8, 4) is 11.5 Å². The summed E-state index contributed by atoms with van der Waals surface area (Å²) in [6.45, 7) is 3.55. The van der Waals surface area contributed by atoms with Crippen LogP contribution in [0, 0.1) is 0 Å². The summed E-state index contributed by atoms with van der Waals surface area (Å²) in [5, 5.41) is 4.10. The highest BCUT2D eigenvalue weighted by Crippen LogP contribution is 2.38. The van der Waals surface area contributed by atoms with E-state index >= 15 is 0 Å². The second kappa shape index (κ2) is 10.2. The summed E-state index contributed by atoms with van der Waals surface area (Å²) < 4.78 is 13.8. The monoisotopic (exact) mass is 523 g/mol. The fourth-order valence-corrected chi connectivity index (χ4v) is 3.72. The van der Waals surface area contributed by atoms with E-state index in [1.54, 1.807) is 0 Å². The van der Waals surface area contributed by atoms with Crippen LogP contribution in [0.2, 0.25) is 5.02 Å². The Kier molecular flexibility index (Phi) is 7.65. The Balaban J connectivity index is 1.75. The van der Waals surface area contributed by atoms with Gasteiger partial charge >= 0.3 is 0 Å². The first-order chi connectivity index (χ1) is 13.6. The van der Waals surface area contributed by atoms with Crippen molar-refractivity contribution >= 4 is 49.1 Å². The third-order valence-corrected chi connectivity index (χ3v) is 5.53.